The number of methoxy groups -OCH3 is 2. The third-order valence-electron chi connectivity index (χ3n) is 8.25. The fourth-order valence-electron chi connectivity index (χ4n) is 5.76. The molecule has 0 bridgehead atoms. The topological polar surface area (TPSA) is 168 Å². The molecule has 0 aliphatic heterocycles. The monoisotopic (exact) mass is 784 g/mol. The van der Waals surface area contributed by atoms with Crippen LogP contribution in [0.4, 0.5) is 0 Å². The first-order chi connectivity index (χ1) is 23.7. The summed E-state index contributed by atoms with van der Waals surface area (Å²) >= 11 is 2.03. The summed E-state index contributed by atoms with van der Waals surface area (Å²) in [6.45, 7) is -0.492. The number of para-hydroxylation sites is 1. The van der Waals surface area contributed by atoms with Crippen LogP contribution in [0.3, 0.4) is 0 Å². The average Bonchev–Trinajstić information content (AvgIpc) is 3.12. The van der Waals surface area contributed by atoms with Gasteiger partial charge in [0.1, 0.15) is 29.1 Å². The molecule has 4 N–H and O–H groups in total. The number of hydrogen-bond acceptors (Lipinski definition) is 10. The van der Waals surface area contributed by atoms with Crippen LogP contribution < -0.4 is 25.2 Å². The Hall–Kier alpha value is -4.44. The highest BCUT2D eigenvalue weighted by atomic mass is 127. The third-order valence-corrected chi connectivity index (χ3v) is 9.05. The number of aliphatic hydroxyl groups excluding tert-OH is 3. The predicted molar refractivity (Wildman–Crippen MR) is 189 cm³/mol. The average molecular weight is 785 g/mol. The maximum atomic E-state index is 14.4. The molecule has 258 valence electrons. The molecule has 1 aliphatic rings. The number of fused-ring (bicyclic) bond motifs is 1. The summed E-state index contributed by atoms with van der Waals surface area (Å²) in [5.41, 5.74) is 0.872. The maximum absolute atomic E-state index is 14.4. The first kappa shape index (κ1) is 35.9. The van der Waals surface area contributed by atoms with Gasteiger partial charge in [0, 0.05) is 30.5 Å². The lowest BCUT2D eigenvalue weighted by atomic mass is 9.87. The lowest BCUT2D eigenvalue weighted by molar-refractivity contribution is -0.118. The van der Waals surface area contributed by atoms with Crippen LogP contribution in [0.15, 0.2) is 87.6 Å². The highest BCUT2D eigenvalue weighted by Gasteiger charge is 2.41. The van der Waals surface area contributed by atoms with Gasteiger partial charge in [0.15, 0.2) is 11.5 Å². The quantitative estimate of drug-likeness (QED) is 0.117. The normalized spacial score (nSPS) is 17.3. The zero-order valence-electron chi connectivity index (χ0n) is 26.9. The molecule has 1 aliphatic carbocycles. The number of ether oxygens (including phenoxy) is 3. The summed E-state index contributed by atoms with van der Waals surface area (Å²) in [5.74, 6) is -0.0207. The van der Waals surface area contributed by atoms with Crippen LogP contribution in [0, 0.1) is 3.57 Å². The van der Waals surface area contributed by atoms with Crippen LogP contribution in [0.5, 0.6) is 17.2 Å². The first-order valence-electron chi connectivity index (χ1n) is 15.6. The molecule has 0 fully saturated rings. The Kier molecular flexibility index (Phi) is 11.9. The molecule has 0 saturated heterocycles. The lowest BCUT2D eigenvalue weighted by Gasteiger charge is -2.40. The number of rotatable bonds is 13. The van der Waals surface area contributed by atoms with E-state index in [0.29, 0.717) is 38.0 Å². The number of halogens is 1. The van der Waals surface area contributed by atoms with Gasteiger partial charge in [0.2, 0.25) is 5.91 Å². The van der Waals surface area contributed by atoms with E-state index in [-0.39, 0.29) is 49.6 Å². The number of amides is 2. The van der Waals surface area contributed by atoms with Gasteiger partial charge in [-0.3, -0.25) is 9.59 Å². The van der Waals surface area contributed by atoms with E-state index in [0.717, 1.165) is 5.56 Å². The van der Waals surface area contributed by atoms with Crippen LogP contribution in [-0.4, -0.2) is 84.2 Å². The van der Waals surface area contributed by atoms with Gasteiger partial charge in [-0.2, -0.15) is 0 Å². The Morgan fingerprint density at radius 1 is 1.02 bits per heavy atom. The van der Waals surface area contributed by atoms with Gasteiger partial charge in [0.05, 0.1) is 37.0 Å². The van der Waals surface area contributed by atoms with E-state index in [1.54, 1.807) is 49.6 Å². The van der Waals surface area contributed by atoms with E-state index in [2.05, 4.69) is 5.32 Å². The minimum absolute atomic E-state index is 0.0140. The zero-order chi connectivity index (χ0) is 35.1. The number of nitrogens with zero attached hydrogens (tertiary/aromatic N) is 1. The van der Waals surface area contributed by atoms with E-state index in [1.807, 2.05) is 40.8 Å². The molecule has 0 spiro atoms. The van der Waals surface area contributed by atoms with Crippen molar-refractivity contribution in [3.8, 4) is 17.2 Å². The van der Waals surface area contributed by atoms with Crippen molar-refractivity contribution in [2.24, 2.45) is 0 Å². The Balaban J connectivity index is 1.58. The van der Waals surface area contributed by atoms with Crippen LogP contribution in [0.2, 0.25) is 0 Å². The van der Waals surface area contributed by atoms with E-state index in [9.17, 15) is 29.7 Å². The minimum Gasteiger partial charge on any atom is -0.497 e. The van der Waals surface area contributed by atoms with E-state index < -0.39 is 35.7 Å². The van der Waals surface area contributed by atoms with Gasteiger partial charge < -0.3 is 44.2 Å². The maximum Gasteiger partial charge on any atom is 0.349 e. The first-order valence-corrected chi connectivity index (χ1v) is 16.6. The van der Waals surface area contributed by atoms with Crippen molar-refractivity contribution in [1.29, 1.82) is 0 Å². The summed E-state index contributed by atoms with van der Waals surface area (Å²) in [7, 11) is 2.99. The second-order valence-corrected chi connectivity index (χ2v) is 12.5. The van der Waals surface area contributed by atoms with Crippen LogP contribution >= 0.6 is 22.6 Å². The molecule has 4 aromatic rings. The number of carbonyl (C=O) groups excluding carboxylic acids is 2. The van der Waals surface area contributed by atoms with Crippen molar-refractivity contribution in [3.63, 3.8) is 0 Å². The van der Waals surface area contributed by atoms with Gasteiger partial charge in [-0.05, 0) is 82.6 Å². The summed E-state index contributed by atoms with van der Waals surface area (Å²) in [6.07, 6.45) is -0.817. The predicted octanol–water partition coefficient (Wildman–Crippen LogP) is 3.21. The van der Waals surface area contributed by atoms with Crippen LogP contribution in [-0.2, 0) is 17.8 Å². The van der Waals surface area contributed by atoms with Gasteiger partial charge in [-0.25, -0.2) is 4.79 Å². The standard InChI is InChI=1S/C36H37IN2O10/c1-46-25-8-5-6-21(14-25)10-12-39(35(44)26-17-23-7-3-4-9-29(23)49-36(26)45)28-18-24(34(43)38-11-13-40)19-30(32(28)42)48-33-27(37)15-22(20-41)16-31(33)47-2/h3-9,14-17,19,28,30,32,40-42H,10-13,18,20H2,1-2H3,(H,38,43). The number of aliphatic hydroxyl groups is 3. The molecule has 49 heavy (non-hydrogen) atoms. The minimum atomic E-state index is -1.38. The Morgan fingerprint density at radius 2 is 1.82 bits per heavy atom. The summed E-state index contributed by atoms with van der Waals surface area (Å²) in [4.78, 5) is 42.3. The van der Waals surface area contributed by atoms with Gasteiger partial charge in [-0.15, -0.1) is 0 Å². The van der Waals surface area contributed by atoms with Crippen molar-refractivity contribution in [2.45, 2.75) is 37.7 Å². The number of hydrogen-bond donors (Lipinski definition) is 4. The smallest absolute Gasteiger partial charge is 0.349 e. The molecule has 3 unspecified atom stereocenters. The molecular weight excluding hydrogens is 747 g/mol. The highest BCUT2D eigenvalue weighted by Crippen LogP contribution is 2.37. The van der Waals surface area contributed by atoms with E-state index in [4.69, 9.17) is 18.6 Å². The molecule has 3 aromatic carbocycles. The molecular formula is C36H37IN2O10. The van der Waals surface area contributed by atoms with Gasteiger partial charge >= 0.3 is 5.63 Å². The van der Waals surface area contributed by atoms with Crippen molar-refractivity contribution < 1.29 is 43.5 Å². The molecule has 3 atom stereocenters. The molecule has 1 aromatic heterocycles. The highest BCUT2D eigenvalue weighted by molar-refractivity contribution is 14.1. The Morgan fingerprint density at radius 3 is 2.55 bits per heavy atom. The van der Waals surface area contributed by atoms with Crippen molar-refractivity contribution >= 4 is 45.4 Å². The molecule has 5 rings (SSSR count). The summed E-state index contributed by atoms with van der Waals surface area (Å²) < 4.78 is 23.3. The SMILES string of the molecule is COc1cccc(CCN(C(=O)c2cc3ccccc3oc2=O)C2CC(C(=O)NCCO)=CC(Oc3c(I)cc(CO)cc3OC)C2O)c1. The largest absolute Gasteiger partial charge is 0.497 e. The van der Waals surface area contributed by atoms with Crippen molar-refractivity contribution in [2.75, 3.05) is 33.9 Å². The third kappa shape index (κ3) is 8.24. The Labute approximate surface area is 296 Å². The van der Waals surface area contributed by atoms with Gasteiger partial charge in [0.25, 0.3) is 5.91 Å². The molecule has 1 heterocycles. The number of benzene rings is 3. The molecule has 13 heteroatoms. The lowest BCUT2D eigenvalue weighted by Crippen LogP contribution is -2.56. The number of nitrogens with one attached hydrogen (secondary N) is 1. The van der Waals surface area contributed by atoms with Crippen molar-refractivity contribution in [1.82, 2.24) is 10.2 Å². The summed E-state index contributed by atoms with van der Waals surface area (Å²) in [5, 5.41) is 34.2. The molecule has 12 nitrogen and oxygen atoms in total. The van der Waals surface area contributed by atoms with Gasteiger partial charge in [-0.1, -0.05) is 30.3 Å². The number of carbonyl (C=O) groups is 2. The summed E-state index contributed by atoms with van der Waals surface area (Å²) in [6, 6.07) is 17.9. The molecule has 0 saturated carbocycles. The second kappa shape index (κ2) is 16.3. The Bertz CT molecular complexity index is 1910. The fourth-order valence-corrected chi connectivity index (χ4v) is 6.55. The molecule has 2 amide bonds. The second-order valence-electron chi connectivity index (χ2n) is 11.4. The van der Waals surface area contributed by atoms with E-state index >= 15 is 0 Å². The van der Waals surface area contributed by atoms with Crippen molar-refractivity contribution in [3.05, 3.63) is 109 Å². The molecule has 0 radical (unpaired) electrons. The van der Waals surface area contributed by atoms with E-state index in [1.165, 1.54) is 24.2 Å². The zero-order valence-corrected chi connectivity index (χ0v) is 29.1. The van der Waals surface area contributed by atoms with Crippen LogP contribution in [0.1, 0.15) is 27.9 Å². The fraction of sp³-hybridized carbons (Fsp3) is 0.306. The van der Waals surface area contributed by atoms with Crippen LogP contribution in [0.25, 0.3) is 11.0 Å².